The smallest absolute Gasteiger partial charge is 0.244 e. The highest BCUT2D eigenvalue weighted by atomic mass is 16.2. The van der Waals surface area contributed by atoms with Crippen molar-refractivity contribution in [2.24, 2.45) is 0 Å². The largest absolute Gasteiger partial charge is 0.374 e. The van der Waals surface area contributed by atoms with Gasteiger partial charge in [0.15, 0.2) is 0 Å². The van der Waals surface area contributed by atoms with E-state index < -0.39 is 0 Å². The highest BCUT2D eigenvalue weighted by molar-refractivity contribution is 5.84. The normalized spacial score (nSPS) is 15.0. The lowest BCUT2D eigenvalue weighted by molar-refractivity contribution is -0.138. The molecule has 1 aliphatic rings. The number of hydrogen-bond donors (Lipinski definition) is 1. The first-order valence-corrected chi connectivity index (χ1v) is 10.1. The number of carbonyl (C=O) groups excluding carboxylic acids is 2. The first-order valence-electron chi connectivity index (χ1n) is 10.1. The van der Waals surface area contributed by atoms with Gasteiger partial charge in [0.2, 0.25) is 11.8 Å². The van der Waals surface area contributed by atoms with E-state index in [9.17, 15) is 9.59 Å². The van der Waals surface area contributed by atoms with Gasteiger partial charge in [-0.3, -0.25) is 9.59 Å². The van der Waals surface area contributed by atoms with E-state index in [0.717, 1.165) is 17.9 Å². The van der Waals surface area contributed by atoms with Crippen LogP contribution in [0.5, 0.6) is 0 Å². The van der Waals surface area contributed by atoms with Crippen LogP contribution in [0.3, 0.4) is 0 Å². The summed E-state index contributed by atoms with van der Waals surface area (Å²) in [6.07, 6.45) is 0. The molecule has 1 saturated heterocycles. The number of anilines is 2. The molecular formula is C23H30N4O2. The first-order chi connectivity index (χ1) is 13.9. The molecule has 0 aliphatic carbocycles. The minimum atomic E-state index is -0.313. The Morgan fingerprint density at radius 1 is 0.966 bits per heavy atom. The van der Waals surface area contributed by atoms with E-state index in [1.807, 2.05) is 30.0 Å². The van der Waals surface area contributed by atoms with Crippen molar-refractivity contribution in [2.75, 3.05) is 43.4 Å². The van der Waals surface area contributed by atoms with Gasteiger partial charge in [-0.2, -0.15) is 0 Å². The zero-order valence-electron chi connectivity index (χ0n) is 17.5. The molecule has 6 nitrogen and oxygen atoms in total. The minimum Gasteiger partial charge on any atom is -0.374 e. The number of benzene rings is 2. The molecule has 1 aliphatic heterocycles. The van der Waals surface area contributed by atoms with Gasteiger partial charge in [-0.1, -0.05) is 30.3 Å². The molecule has 6 heteroatoms. The standard InChI is InChI=1S/C23H30N4O2/c1-18(23(29)27-15-13-26(14-16-27)19(2)28)24-21-9-11-22(12-10-21)25(3)17-20-7-5-4-6-8-20/h4-12,18,24H,13-17H2,1-3H3/t18-/m1/s1. The lowest BCUT2D eigenvalue weighted by atomic mass is 10.2. The predicted molar refractivity (Wildman–Crippen MR) is 117 cm³/mol. The second-order valence-corrected chi connectivity index (χ2v) is 7.59. The van der Waals surface area contributed by atoms with Crippen LogP contribution in [0.15, 0.2) is 54.6 Å². The molecule has 0 bridgehead atoms. The Hall–Kier alpha value is -3.02. The number of hydrogen-bond acceptors (Lipinski definition) is 4. The molecular weight excluding hydrogens is 364 g/mol. The van der Waals surface area contributed by atoms with Crippen molar-refractivity contribution in [3.63, 3.8) is 0 Å². The second-order valence-electron chi connectivity index (χ2n) is 7.59. The molecule has 1 atom stereocenters. The average Bonchev–Trinajstić information content (AvgIpc) is 2.74. The predicted octanol–water partition coefficient (Wildman–Crippen LogP) is 2.81. The van der Waals surface area contributed by atoms with Gasteiger partial charge in [-0.15, -0.1) is 0 Å². The van der Waals surface area contributed by atoms with E-state index in [-0.39, 0.29) is 17.9 Å². The van der Waals surface area contributed by atoms with Crippen LogP contribution in [0, 0.1) is 0 Å². The number of rotatable bonds is 6. The molecule has 2 amide bonds. The van der Waals surface area contributed by atoms with E-state index in [1.165, 1.54) is 5.56 Å². The lowest BCUT2D eigenvalue weighted by Gasteiger charge is -2.35. The Morgan fingerprint density at radius 2 is 1.55 bits per heavy atom. The summed E-state index contributed by atoms with van der Waals surface area (Å²) in [6.45, 7) is 6.69. The van der Waals surface area contributed by atoms with Crippen LogP contribution in [0.25, 0.3) is 0 Å². The van der Waals surface area contributed by atoms with E-state index in [4.69, 9.17) is 0 Å². The van der Waals surface area contributed by atoms with Gasteiger partial charge >= 0.3 is 0 Å². The van der Waals surface area contributed by atoms with E-state index in [2.05, 4.69) is 53.7 Å². The van der Waals surface area contributed by atoms with Crippen molar-refractivity contribution in [3.05, 3.63) is 60.2 Å². The van der Waals surface area contributed by atoms with E-state index in [0.29, 0.717) is 26.2 Å². The number of nitrogens with one attached hydrogen (secondary N) is 1. The molecule has 1 heterocycles. The van der Waals surface area contributed by atoms with Gasteiger partial charge in [-0.05, 0) is 36.8 Å². The SMILES string of the molecule is CC(=O)N1CCN(C(=O)[C@@H](C)Nc2ccc(N(C)Cc3ccccc3)cc2)CC1. The van der Waals surface area contributed by atoms with Crippen molar-refractivity contribution in [3.8, 4) is 0 Å². The topological polar surface area (TPSA) is 55.9 Å². The van der Waals surface area contributed by atoms with Crippen LogP contribution in [0.1, 0.15) is 19.4 Å². The quantitative estimate of drug-likeness (QED) is 0.819. The molecule has 0 unspecified atom stereocenters. The summed E-state index contributed by atoms with van der Waals surface area (Å²) in [6, 6.07) is 18.2. The van der Waals surface area contributed by atoms with Crippen molar-refractivity contribution in [1.82, 2.24) is 9.80 Å². The van der Waals surface area contributed by atoms with Crippen molar-refractivity contribution in [1.29, 1.82) is 0 Å². The Labute approximate surface area is 173 Å². The number of nitrogens with zero attached hydrogens (tertiary/aromatic N) is 3. The van der Waals surface area contributed by atoms with Crippen LogP contribution in [-0.2, 0) is 16.1 Å². The maximum atomic E-state index is 12.7. The van der Waals surface area contributed by atoms with Gasteiger partial charge in [0.1, 0.15) is 6.04 Å². The Morgan fingerprint density at radius 3 is 2.14 bits per heavy atom. The van der Waals surface area contributed by atoms with Crippen LogP contribution in [0.4, 0.5) is 11.4 Å². The summed E-state index contributed by atoms with van der Waals surface area (Å²) in [5.74, 6) is 0.138. The summed E-state index contributed by atoms with van der Waals surface area (Å²) >= 11 is 0. The fourth-order valence-electron chi connectivity index (χ4n) is 3.59. The molecule has 0 spiro atoms. The molecule has 1 N–H and O–H groups in total. The molecule has 154 valence electrons. The third-order valence-corrected chi connectivity index (χ3v) is 5.36. The first kappa shape index (κ1) is 20.7. The van der Waals surface area contributed by atoms with E-state index >= 15 is 0 Å². The van der Waals surface area contributed by atoms with Gasteiger partial charge in [-0.25, -0.2) is 0 Å². The molecule has 1 fully saturated rings. The van der Waals surface area contributed by atoms with Gasteiger partial charge in [0, 0.05) is 58.1 Å². The Kier molecular flexibility index (Phi) is 6.75. The van der Waals surface area contributed by atoms with Crippen LogP contribution >= 0.6 is 0 Å². The fraction of sp³-hybridized carbons (Fsp3) is 0.391. The van der Waals surface area contributed by atoms with Gasteiger partial charge in [0.25, 0.3) is 0 Å². The monoisotopic (exact) mass is 394 g/mol. The maximum Gasteiger partial charge on any atom is 0.244 e. The van der Waals surface area contributed by atoms with Crippen molar-refractivity contribution < 1.29 is 9.59 Å². The average molecular weight is 395 g/mol. The van der Waals surface area contributed by atoms with Crippen molar-refractivity contribution >= 4 is 23.2 Å². The number of carbonyl (C=O) groups is 2. The minimum absolute atomic E-state index is 0.0680. The summed E-state index contributed by atoms with van der Waals surface area (Å²) in [5, 5.41) is 3.30. The molecule has 0 saturated carbocycles. The Balaban J connectivity index is 1.52. The molecule has 2 aromatic rings. The van der Waals surface area contributed by atoms with Crippen LogP contribution in [-0.4, -0.2) is 60.9 Å². The third-order valence-electron chi connectivity index (χ3n) is 5.36. The van der Waals surface area contributed by atoms with Crippen LogP contribution in [0.2, 0.25) is 0 Å². The molecule has 3 rings (SSSR count). The summed E-state index contributed by atoms with van der Waals surface area (Å²) in [5.41, 5.74) is 3.31. The number of piperazine rings is 1. The zero-order valence-corrected chi connectivity index (χ0v) is 17.5. The Bertz CT molecular complexity index is 815. The van der Waals surface area contributed by atoms with Crippen molar-refractivity contribution in [2.45, 2.75) is 26.4 Å². The highest BCUT2D eigenvalue weighted by Crippen LogP contribution is 2.19. The molecule has 0 aromatic heterocycles. The molecule has 2 aromatic carbocycles. The third kappa shape index (κ3) is 5.50. The molecule has 29 heavy (non-hydrogen) atoms. The number of amides is 2. The fourth-order valence-corrected chi connectivity index (χ4v) is 3.59. The molecule has 0 radical (unpaired) electrons. The summed E-state index contributed by atoms with van der Waals surface area (Å²) < 4.78 is 0. The second kappa shape index (κ2) is 9.45. The van der Waals surface area contributed by atoms with Gasteiger partial charge in [0.05, 0.1) is 0 Å². The van der Waals surface area contributed by atoms with E-state index in [1.54, 1.807) is 11.8 Å². The maximum absolute atomic E-state index is 12.7. The van der Waals surface area contributed by atoms with Crippen LogP contribution < -0.4 is 10.2 Å². The summed E-state index contributed by atoms with van der Waals surface area (Å²) in [7, 11) is 2.07. The lowest BCUT2D eigenvalue weighted by Crippen LogP contribution is -2.53. The zero-order chi connectivity index (χ0) is 20.8. The highest BCUT2D eigenvalue weighted by Gasteiger charge is 2.25. The van der Waals surface area contributed by atoms with Gasteiger partial charge < -0.3 is 20.0 Å². The summed E-state index contributed by atoms with van der Waals surface area (Å²) in [4.78, 5) is 30.0.